The van der Waals surface area contributed by atoms with Crippen molar-refractivity contribution in [2.75, 3.05) is 19.7 Å². The Morgan fingerprint density at radius 3 is 3.00 bits per heavy atom. The zero-order valence-corrected chi connectivity index (χ0v) is 10.7. The van der Waals surface area contributed by atoms with E-state index in [2.05, 4.69) is 24.5 Å². The number of hydrogen-bond donors (Lipinski definition) is 2. The molecule has 3 atom stereocenters. The molecule has 3 nitrogen and oxygen atoms in total. The lowest BCUT2D eigenvalue weighted by Crippen LogP contribution is -2.43. The summed E-state index contributed by atoms with van der Waals surface area (Å²) in [4.78, 5) is 0. The minimum absolute atomic E-state index is 0.0946. The van der Waals surface area contributed by atoms with Gasteiger partial charge < -0.3 is 15.4 Å². The average molecular weight is 226 g/mol. The minimum atomic E-state index is 0.0946. The zero-order valence-electron chi connectivity index (χ0n) is 10.7. The third-order valence-corrected chi connectivity index (χ3v) is 3.93. The predicted molar refractivity (Wildman–Crippen MR) is 66.7 cm³/mol. The van der Waals surface area contributed by atoms with Crippen molar-refractivity contribution >= 4 is 0 Å². The Hall–Kier alpha value is -0.120. The lowest BCUT2D eigenvalue weighted by atomic mass is 10.0. The van der Waals surface area contributed by atoms with E-state index < -0.39 is 0 Å². The molecule has 2 fully saturated rings. The van der Waals surface area contributed by atoms with Gasteiger partial charge in [-0.2, -0.15) is 0 Å². The summed E-state index contributed by atoms with van der Waals surface area (Å²) in [6.45, 7) is 7.67. The smallest absolute Gasteiger partial charge is 0.0779 e. The van der Waals surface area contributed by atoms with Gasteiger partial charge in [0.2, 0.25) is 0 Å². The highest BCUT2D eigenvalue weighted by Crippen LogP contribution is 2.24. The summed E-state index contributed by atoms with van der Waals surface area (Å²) in [5, 5.41) is 7.18. The number of nitrogens with one attached hydrogen (secondary N) is 2. The molecule has 0 aromatic heterocycles. The van der Waals surface area contributed by atoms with Crippen molar-refractivity contribution in [1.82, 2.24) is 10.6 Å². The lowest BCUT2D eigenvalue weighted by molar-refractivity contribution is 0.0188. The van der Waals surface area contributed by atoms with Gasteiger partial charge in [0.05, 0.1) is 5.60 Å². The molecule has 2 heterocycles. The molecule has 2 aliphatic rings. The molecule has 2 N–H and O–H groups in total. The Morgan fingerprint density at radius 1 is 1.50 bits per heavy atom. The van der Waals surface area contributed by atoms with E-state index in [9.17, 15) is 0 Å². The fourth-order valence-corrected chi connectivity index (χ4v) is 2.83. The summed E-state index contributed by atoms with van der Waals surface area (Å²) >= 11 is 0. The van der Waals surface area contributed by atoms with Crippen LogP contribution < -0.4 is 10.6 Å². The highest BCUT2D eigenvalue weighted by Gasteiger charge is 2.30. The van der Waals surface area contributed by atoms with E-state index >= 15 is 0 Å². The van der Waals surface area contributed by atoms with Crippen molar-refractivity contribution in [3.8, 4) is 0 Å². The number of rotatable bonds is 5. The molecule has 0 amide bonds. The van der Waals surface area contributed by atoms with E-state index in [4.69, 9.17) is 4.74 Å². The van der Waals surface area contributed by atoms with Crippen LogP contribution in [0, 0.1) is 0 Å². The van der Waals surface area contributed by atoms with Gasteiger partial charge in [0.25, 0.3) is 0 Å². The van der Waals surface area contributed by atoms with E-state index in [0.717, 1.165) is 19.2 Å². The van der Waals surface area contributed by atoms with Crippen LogP contribution in [0.2, 0.25) is 0 Å². The quantitative estimate of drug-likeness (QED) is 0.748. The van der Waals surface area contributed by atoms with Crippen LogP contribution in [0.5, 0.6) is 0 Å². The summed E-state index contributed by atoms with van der Waals surface area (Å²) < 4.78 is 5.78. The van der Waals surface area contributed by atoms with E-state index in [-0.39, 0.29) is 5.60 Å². The second-order valence-electron chi connectivity index (χ2n) is 5.71. The Bertz CT molecular complexity index is 208. The molecule has 0 saturated carbocycles. The molecule has 0 bridgehead atoms. The molecule has 0 aromatic carbocycles. The van der Waals surface area contributed by atoms with Crippen molar-refractivity contribution in [1.29, 1.82) is 0 Å². The van der Waals surface area contributed by atoms with Gasteiger partial charge in [-0.25, -0.2) is 0 Å². The minimum Gasteiger partial charge on any atom is -0.374 e. The van der Waals surface area contributed by atoms with Crippen LogP contribution in [0.15, 0.2) is 0 Å². The zero-order chi connectivity index (χ0) is 11.4. The van der Waals surface area contributed by atoms with Crippen LogP contribution in [0.1, 0.15) is 46.0 Å². The molecule has 2 rings (SSSR count). The summed E-state index contributed by atoms with van der Waals surface area (Å²) in [7, 11) is 0. The first-order valence-electron chi connectivity index (χ1n) is 6.79. The maximum Gasteiger partial charge on any atom is 0.0779 e. The summed E-state index contributed by atoms with van der Waals surface area (Å²) in [6.07, 6.45) is 6.36. The first kappa shape index (κ1) is 12.3. The first-order chi connectivity index (χ1) is 7.68. The molecule has 94 valence electrons. The van der Waals surface area contributed by atoms with Crippen LogP contribution >= 0.6 is 0 Å². The fraction of sp³-hybridized carbons (Fsp3) is 1.00. The molecule has 0 aromatic rings. The third kappa shape index (κ3) is 3.44. The van der Waals surface area contributed by atoms with Gasteiger partial charge in [-0.15, -0.1) is 0 Å². The first-order valence-corrected chi connectivity index (χ1v) is 6.79. The van der Waals surface area contributed by atoms with Gasteiger partial charge in [-0.1, -0.05) is 0 Å². The highest BCUT2D eigenvalue weighted by molar-refractivity contribution is 4.85. The van der Waals surface area contributed by atoms with E-state index in [1.807, 2.05) is 0 Å². The Balaban J connectivity index is 1.64. The van der Waals surface area contributed by atoms with E-state index in [1.165, 1.54) is 38.6 Å². The fourth-order valence-electron chi connectivity index (χ4n) is 2.83. The Kier molecular flexibility index (Phi) is 4.22. The molecule has 0 spiro atoms. The number of hydrogen-bond acceptors (Lipinski definition) is 3. The van der Waals surface area contributed by atoms with Crippen LogP contribution in [0.3, 0.4) is 0 Å². The monoisotopic (exact) mass is 226 g/mol. The third-order valence-electron chi connectivity index (χ3n) is 3.93. The topological polar surface area (TPSA) is 33.3 Å². The van der Waals surface area contributed by atoms with Gasteiger partial charge in [-0.3, -0.25) is 0 Å². The average Bonchev–Trinajstić information content (AvgIpc) is 2.88. The standard InChI is InChI=1S/C13H26N2O/c1-11(9-12-5-3-7-14-12)15-10-13(2)6-4-8-16-13/h11-12,14-15H,3-10H2,1-2H3. The normalized spacial score (nSPS) is 36.8. The van der Waals surface area contributed by atoms with Crippen LogP contribution in [0.25, 0.3) is 0 Å². The second kappa shape index (κ2) is 5.48. The molecular weight excluding hydrogens is 200 g/mol. The maximum atomic E-state index is 5.78. The molecule has 0 radical (unpaired) electrons. The van der Waals surface area contributed by atoms with Crippen molar-refractivity contribution in [2.24, 2.45) is 0 Å². The van der Waals surface area contributed by atoms with Gasteiger partial charge >= 0.3 is 0 Å². The van der Waals surface area contributed by atoms with Crippen molar-refractivity contribution in [3.05, 3.63) is 0 Å². The molecule has 2 aliphatic heterocycles. The largest absolute Gasteiger partial charge is 0.374 e. The van der Waals surface area contributed by atoms with Gasteiger partial charge in [0, 0.05) is 25.2 Å². The lowest BCUT2D eigenvalue weighted by Gasteiger charge is -2.27. The van der Waals surface area contributed by atoms with E-state index in [0.29, 0.717) is 6.04 Å². The number of ether oxygens (including phenoxy) is 1. The Labute approximate surface area is 99.3 Å². The molecule has 16 heavy (non-hydrogen) atoms. The Morgan fingerprint density at radius 2 is 2.38 bits per heavy atom. The van der Waals surface area contributed by atoms with E-state index in [1.54, 1.807) is 0 Å². The van der Waals surface area contributed by atoms with Crippen molar-refractivity contribution in [3.63, 3.8) is 0 Å². The molecular formula is C13H26N2O. The highest BCUT2D eigenvalue weighted by atomic mass is 16.5. The van der Waals surface area contributed by atoms with Crippen LogP contribution in [-0.4, -0.2) is 37.4 Å². The summed E-state index contributed by atoms with van der Waals surface area (Å²) in [5.41, 5.74) is 0.0946. The predicted octanol–water partition coefficient (Wildman–Crippen LogP) is 1.68. The SMILES string of the molecule is CC(CC1CCCN1)NCC1(C)CCCO1. The van der Waals surface area contributed by atoms with Crippen LogP contribution in [0.4, 0.5) is 0 Å². The summed E-state index contributed by atoms with van der Waals surface area (Å²) in [5.74, 6) is 0. The van der Waals surface area contributed by atoms with Gasteiger partial charge in [0.15, 0.2) is 0 Å². The molecule has 3 heteroatoms. The maximum absolute atomic E-state index is 5.78. The summed E-state index contributed by atoms with van der Waals surface area (Å²) in [6, 6.07) is 1.33. The van der Waals surface area contributed by atoms with Crippen molar-refractivity contribution < 1.29 is 4.74 Å². The van der Waals surface area contributed by atoms with Crippen molar-refractivity contribution in [2.45, 2.75) is 63.6 Å². The van der Waals surface area contributed by atoms with Gasteiger partial charge in [-0.05, 0) is 52.5 Å². The molecule has 0 aliphatic carbocycles. The second-order valence-corrected chi connectivity index (χ2v) is 5.71. The van der Waals surface area contributed by atoms with Gasteiger partial charge in [0.1, 0.15) is 0 Å². The molecule has 3 unspecified atom stereocenters. The molecule has 2 saturated heterocycles. The van der Waals surface area contributed by atoms with Crippen LogP contribution in [-0.2, 0) is 4.74 Å².